The number of nitrogens with one attached hydrogen (secondary N) is 1. The second-order valence-corrected chi connectivity index (χ2v) is 14.2. The third-order valence-electron chi connectivity index (χ3n) is 8.71. The molecule has 1 amide bonds. The van der Waals surface area contributed by atoms with Crippen molar-refractivity contribution in [2.45, 2.75) is 38.5 Å². The van der Waals surface area contributed by atoms with Crippen LogP contribution in [0, 0.1) is 19.7 Å². The summed E-state index contributed by atoms with van der Waals surface area (Å²) >= 11 is 0. The van der Waals surface area contributed by atoms with Gasteiger partial charge in [-0.1, -0.05) is 18.2 Å². The molecule has 0 unspecified atom stereocenters. The van der Waals surface area contributed by atoms with E-state index < -0.39 is 50.1 Å². The zero-order valence-corrected chi connectivity index (χ0v) is 26.8. The van der Waals surface area contributed by atoms with Crippen LogP contribution in [-0.2, 0) is 35.1 Å². The zero-order valence-electron chi connectivity index (χ0n) is 26.0. The highest BCUT2D eigenvalue weighted by molar-refractivity contribution is 7.92. The number of rotatable bonds is 7. The predicted octanol–water partition coefficient (Wildman–Crippen LogP) is 2.10. The molecule has 0 spiro atoms. The van der Waals surface area contributed by atoms with E-state index in [1.165, 1.54) is 24.7 Å². The third-order valence-corrected chi connectivity index (χ3v) is 10.8. The average Bonchev–Trinajstić information content (AvgIpc) is 3.00. The molecule has 2 aromatic carbocycles. The zero-order chi connectivity index (χ0) is 33.7. The molecule has 0 aliphatic carbocycles. The number of pyridine rings is 1. The van der Waals surface area contributed by atoms with E-state index in [4.69, 9.17) is 0 Å². The van der Waals surface area contributed by atoms with Gasteiger partial charge in [0.15, 0.2) is 9.84 Å². The fraction of sp³-hybridized carbons (Fsp3) is 0.344. The number of fused-ring (bicyclic) bond motifs is 1. The molecule has 1 saturated heterocycles. The van der Waals surface area contributed by atoms with Crippen LogP contribution in [0.3, 0.4) is 0 Å². The highest BCUT2D eigenvalue weighted by atomic mass is 32.2. The summed E-state index contributed by atoms with van der Waals surface area (Å²) < 4.78 is 42.0. The van der Waals surface area contributed by atoms with Gasteiger partial charge in [-0.05, 0) is 50.1 Å². The highest BCUT2D eigenvalue weighted by Gasteiger charge is 2.31. The Kier molecular flexibility index (Phi) is 8.60. The molecular weight excluding hydrogens is 617 g/mol. The molecule has 242 valence electrons. The Balaban J connectivity index is 1.45. The number of hydrogen-bond acceptors (Lipinski definition) is 8. The molecule has 1 aliphatic rings. The number of carboxylic acids is 1. The van der Waals surface area contributed by atoms with Gasteiger partial charge in [0, 0.05) is 62.1 Å². The second-order valence-electron chi connectivity index (χ2n) is 11.6. The van der Waals surface area contributed by atoms with E-state index >= 15 is 4.39 Å². The maximum absolute atomic E-state index is 15.4. The first-order chi connectivity index (χ1) is 21.6. The summed E-state index contributed by atoms with van der Waals surface area (Å²) in [6, 6.07) is 7.96. The highest BCUT2D eigenvalue weighted by Crippen LogP contribution is 2.30. The maximum atomic E-state index is 15.4. The van der Waals surface area contributed by atoms with Gasteiger partial charge >= 0.3 is 11.7 Å². The van der Waals surface area contributed by atoms with Gasteiger partial charge in [-0.25, -0.2) is 22.4 Å². The Morgan fingerprint density at radius 2 is 1.85 bits per heavy atom. The lowest BCUT2D eigenvalue weighted by atomic mass is 9.94. The summed E-state index contributed by atoms with van der Waals surface area (Å²) in [5.74, 6) is -3.17. The average molecular weight is 652 g/mol. The van der Waals surface area contributed by atoms with Crippen molar-refractivity contribution >= 4 is 38.3 Å². The summed E-state index contributed by atoms with van der Waals surface area (Å²) in [6.07, 6.45) is 1.36. The molecule has 5 rings (SSSR count). The first kappa shape index (κ1) is 32.5. The minimum atomic E-state index is -3.22. The van der Waals surface area contributed by atoms with Crippen molar-refractivity contribution in [2.75, 3.05) is 23.7 Å². The smallest absolute Gasteiger partial charge is 0.330 e. The maximum Gasteiger partial charge on any atom is 0.330 e. The Morgan fingerprint density at radius 1 is 1.13 bits per heavy atom. The molecule has 4 aromatic rings. The number of nitrogens with zero attached hydrogens (tertiary/aromatic N) is 4. The number of sulfone groups is 1. The van der Waals surface area contributed by atoms with Crippen LogP contribution in [0.5, 0.6) is 0 Å². The van der Waals surface area contributed by atoms with Gasteiger partial charge in [0.2, 0.25) is 0 Å². The standard InChI is InChI=1S/C32H34FN5O7S/c1-17-13-21(38-11-12-46(44,45)18(2)16-38)15-24(33)26(17)29(39)35-25(31(41)42)14-20-8-9-23(28-22(20)7-6-10-34-28)27-19(3)36(4)32(43)37(5)30(27)40/h6-10,13,15,18,25H,11-12,14,16H2,1-5H3,(H,35,39)(H,41,42)/t18-,25+/m1/s1. The molecule has 46 heavy (non-hydrogen) atoms. The van der Waals surface area contributed by atoms with E-state index in [1.54, 1.807) is 56.1 Å². The van der Waals surface area contributed by atoms with Gasteiger partial charge in [0.25, 0.3) is 11.5 Å². The summed E-state index contributed by atoms with van der Waals surface area (Å²) in [5, 5.41) is 12.4. The van der Waals surface area contributed by atoms with E-state index in [-0.39, 0.29) is 42.0 Å². The van der Waals surface area contributed by atoms with Crippen molar-refractivity contribution in [3.8, 4) is 11.1 Å². The van der Waals surface area contributed by atoms with E-state index in [1.807, 2.05) is 0 Å². The first-order valence-corrected chi connectivity index (χ1v) is 16.3. The van der Waals surface area contributed by atoms with Crippen LogP contribution in [0.2, 0.25) is 0 Å². The van der Waals surface area contributed by atoms with Gasteiger partial charge in [0.1, 0.15) is 11.9 Å². The molecule has 14 heteroatoms. The lowest BCUT2D eigenvalue weighted by Gasteiger charge is -2.33. The third kappa shape index (κ3) is 5.80. The summed E-state index contributed by atoms with van der Waals surface area (Å²) in [5.41, 5.74) is 1.52. The first-order valence-electron chi connectivity index (χ1n) is 14.6. The lowest BCUT2D eigenvalue weighted by Crippen LogP contribution is -2.45. The predicted molar refractivity (Wildman–Crippen MR) is 172 cm³/mol. The number of hydrogen-bond donors (Lipinski definition) is 2. The Hall–Kier alpha value is -4.85. The summed E-state index contributed by atoms with van der Waals surface area (Å²) in [6.45, 7) is 5.16. The van der Waals surface area contributed by atoms with Crippen molar-refractivity contribution in [1.29, 1.82) is 0 Å². The number of benzene rings is 2. The van der Waals surface area contributed by atoms with Gasteiger partial charge in [-0.3, -0.25) is 19.1 Å². The molecule has 0 saturated carbocycles. The molecule has 0 bridgehead atoms. The minimum Gasteiger partial charge on any atom is -0.480 e. The number of carbonyl (C=O) groups is 2. The van der Waals surface area contributed by atoms with Crippen molar-refractivity contribution < 1.29 is 27.5 Å². The molecule has 0 radical (unpaired) electrons. The van der Waals surface area contributed by atoms with Gasteiger partial charge in [-0.15, -0.1) is 0 Å². The number of anilines is 1. The van der Waals surface area contributed by atoms with Crippen molar-refractivity contribution in [3.63, 3.8) is 0 Å². The molecule has 2 aromatic heterocycles. The molecule has 12 nitrogen and oxygen atoms in total. The van der Waals surface area contributed by atoms with E-state index in [0.717, 1.165) is 10.6 Å². The Bertz CT molecular complexity index is 2120. The SMILES string of the molecule is Cc1cc(N2CCS(=O)(=O)[C@H](C)C2)cc(F)c1C(=O)N[C@@H](Cc1ccc(-c2c(C)n(C)c(=O)n(C)c2=O)c2ncccc12)C(=O)O. The quantitative estimate of drug-likeness (QED) is 0.305. The number of amides is 1. The lowest BCUT2D eigenvalue weighted by molar-refractivity contribution is -0.139. The van der Waals surface area contributed by atoms with Gasteiger partial charge in [-0.2, -0.15) is 0 Å². The van der Waals surface area contributed by atoms with Gasteiger partial charge < -0.3 is 19.9 Å². The van der Waals surface area contributed by atoms with Crippen molar-refractivity contribution in [1.82, 2.24) is 19.4 Å². The van der Waals surface area contributed by atoms with Crippen molar-refractivity contribution in [2.24, 2.45) is 14.1 Å². The van der Waals surface area contributed by atoms with Gasteiger partial charge in [0.05, 0.1) is 27.6 Å². The molecule has 1 aliphatic heterocycles. The van der Waals surface area contributed by atoms with E-state index in [9.17, 15) is 32.7 Å². The normalized spacial score (nSPS) is 16.7. The summed E-state index contributed by atoms with van der Waals surface area (Å²) in [7, 11) is -0.273. The monoisotopic (exact) mass is 651 g/mol. The van der Waals surface area contributed by atoms with Crippen LogP contribution in [0.25, 0.3) is 22.0 Å². The number of aryl methyl sites for hydroxylation is 1. The largest absolute Gasteiger partial charge is 0.480 e. The van der Waals surface area contributed by atoms with Crippen LogP contribution in [0.15, 0.2) is 52.2 Å². The minimum absolute atomic E-state index is 0.0656. The van der Waals surface area contributed by atoms with Crippen LogP contribution in [-0.4, -0.2) is 69.7 Å². The van der Waals surface area contributed by atoms with E-state index in [2.05, 4.69) is 10.3 Å². The molecule has 3 heterocycles. The molecule has 2 N–H and O–H groups in total. The fourth-order valence-electron chi connectivity index (χ4n) is 5.90. The molecule has 2 atom stereocenters. The summed E-state index contributed by atoms with van der Waals surface area (Å²) in [4.78, 5) is 57.5. The number of aromatic nitrogens is 3. The van der Waals surface area contributed by atoms with Crippen LogP contribution < -0.4 is 21.5 Å². The van der Waals surface area contributed by atoms with E-state index in [0.29, 0.717) is 33.4 Å². The number of carbonyl (C=O) groups excluding carboxylic acids is 1. The van der Waals surface area contributed by atoms with Crippen LogP contribution in [0.1, 0.15) is 34.1 Å². The topological polar surface area (TPSA) is 161 Å². The number of aliphatic carboxylic acids is 1. The van der Waals surface area contributed by atoms with Crippen LogP contribution >= 0.6 is 0 Å². The van der Waals surface area contributed by atoms with Crippen molar-refractivity contribution in [3.05, 3.63) is 91.6 Å². The molecule has 1 fully saturated rings. The molecular formula is C32H34FN5O7S. The number of halogens is 1. The Labute approximate surface area is 264 Å². The second kappa shape index (κ2) is 12.2. The van der Waals surface area contributed by atoms with Crippen LogP contribution in [0.4, 0.5) is 10.1 Å². The Morgan fingerprint density at radius 3 is 2.50 bits per heavy atom. The fourth-order valence-corrected chi connectivity index (χ4v) is 7.19. The number of carboxylic acid groups (broad SMARTS) is 1.